The van der Waals surface area contributed by atoms with E-state index in [0.717, 1.165) is 33.0 Å². The van der Waals surface area contributed by atoms with E-state index in [2.05, 4.69) is 37.2 Å². The van der Waals surface area contributed by atoms with Crippen LogP contribution < -0.4 is 10.7 Å². The quantitative estimate of drug-likeness (QED) is 0.635. The van der Waals surface area contributed by atoms with Gasteiger partial charge in [0.2, 0.25) is 5.43 Å². The van der Waals surface area contributed by atoms with E-state index >= 15 is 0 Å². The van der Waals surface area contributed by atoms with Crippen molar-refractivity contribution in [3.05, 3.63) is 72.9 Å². The molecule has 0 aliphatic carbocycles. The van der Waals surface area contributed by atoms with E-state index in [0.29, 0.717) is 11.1 Å². The van der Waals surface area contributed by atoms with Crippen LogP contribution in [0.2, 0.25) is 0 Å². The first-order chi connectivity index (χ1) is 11.5. The average Bonchev–Trinajstić information content (AvgIpc) is 2.96. The number of nitrogens with one attached hydrogen (secondary N) is 1. The topological polar surface area (TPSA) is 51.1 Å². The molecule has 0 saturated heterocycles. The highest BCUT2D eigenvalue weighted by Crippen LogP contribution is 2.28. The molecule has 4 rings (SSSR count). The SMILES string of the molecule is O=C(Nc1ccccc1Br)c1cn2c3c(cc(Br)cc3c1=O)CC2. The zero-order valence-corrected chi connectivity index (χ0v) is 15.6. The van der Waals surface area contributed by atoms with Crippen LogP contribution in [0.5, 0.6) is 0 Å². The van der Waals surface area contributed by atoms with Crippen molar-refractivity contribution in [2.75, 3.05) is 5.32 Å². The van der Waals surface area contributed by atoms with Crippen molar-refractivity contribution in [2.24, 2.45) is 0 Å². The molecule has 0 bridgehead atoms. The maximum atomic E-state index is 12.8. The lowest BCUT2D eigenvalue weighted by atomic mass is 10.1. The highest BCUT2D eigenvalue weighted by atomic mass is 79.9. The third-order valence-corrected chi connectivity index (χ3v) is 5.35. The van der Waals surface area contributed by atoms with E-state index < -0.39 is 5.91 Å². The largest absolute Gasteiger partial charge is 0.346 e. The van der Waals surface area contributed by atoms with Crippen molar-refractivity contribution in [1.29, 1.82) is 0 Å². The van der Waals surface area contributed by atoms with Gasteiger partial charge in [-0.2, -0.15) is 0 Å². The van der Waals surface area contributed by atoms with Crippen molar-refractivity contribution in [2.45, 2.75) is 13.0 Å². The number of carbonyl (C=O) groups is 1. The molecule has 4 nitrogen and oxygen atoms in total. The minimum absolute atomic E-state index is 0.157. The summed E-state index contributed by atoms with van der Waals surface area (Å²) in [5, 5.41) is 3.38. The molecule has 120 valence electrons. The molecule has 1 aliphatic rings. The molecule has 1 amide bonds. The van der Waals surface area contributed by atoms with Gasteiger partial charge in [-0.15, -0.1) is 0 Å². The molecule has 0 spiro atoms. The van der Waals surface area contributed by atoms with Crippen LogP contribution in [0.4, 0.5) is 5.69 Å². The first-order valence-corrected chi connectivity index (χ1v) is 9.04. The molecular weight excluding hydrogens is 436 g/mol. The van der Waals surface area contributed by atoms with E-state index in [4.69, 9.17) is 0 Å². The highest BCUT2D eigenvalue weighted by Gasteiger charge is 2.21. The molecular formula is C18H12Br2N2O2. The third kappa shape index (κ3) is 2.50. The molecule has 3 aromatic rings. The Morgan fingerprint density at radius 1 is 1.17 bits per heavy atom. The number of nitrogens with zero attached hydrogens (tertiary/aromatic N) is 1. The minimum atomic E-state index is -0.397. The predicted octanol–water partition coefficient (Wildman–Crippen LogP) is 4.33. The number of amides is 1. The number of anilines is 1. The minimum Gasteiger partial charge on any atom is -0.346 e. The van der Waals surface area contributed by atoms with Crippen LogP contribution in [0.1, 0.15) is 15.9 Å². The van der Waals surface area contributed by atoms with Crippen LogP contribution in [0, 0.1) is 0 Å². The van der Waals surface area contributed by atoms with Crippen LogP contribution in [0.3, 0.4) is 0 Å². The van der Waals surface area contributed by atoms with Crippen molar-refractivity contribution in [3.63, 3.8) is 0 Å². The Hall–Kier alpha value is -1.92. The maximum Gasteiger partial charge on any atom is 0.261 e. The predicted molar refractivity (Wildman–Crippen MR) is 102 cm³/mol. The van der Waals surface area contributed by atoms with Crippen molar-refractivity contribution in [3.8, 4) is 0 Å². The molecule has 0 atom stereocenters. The average molecular weight is 448 g/mol. The number of aromatic nitrogens is 1. The summed E-state index contributed by atoms with van der Waals surface area (Å²) < 4.78 is 3.63. The standard InChI is InChI=1S/C18H12Br2N2O2/c19-11-7-10-5-6-22-9-13(17(23)12(8-11)16(10)22)18(24)21-15-4-2-1-3-14(15)20/h1-4,7-9H,5-6H2,(H,21,24). The van der Waals surface area contributed by atoms with E-state index in [1.807, 2.05) is 28.8 Å². The van der Waals surface area contributed by atoms with E-state index in [9.17, 15) is 9.59 Å². The van der Waals surface area contributed by atoms with Gasteiger partial charge in [0.1, 0.15) is 5.56 Å². The van der Waals surface area contributed by atoms with Crippen LogP contribution in [0.15, 0.2) is 56.3 Å². The summed E-state index contributed by atoms with van der Waals surface area (Å²) in [6.45, 7) is 0.776. The summed E-state index contributed by atoms with van der Waals surface area (Å²) in [6, 6.07) is 11.1. The van der Waals surface area contributed by atoms with Crippen LogP contribution in [-0.4, -0.2) is 10.5 Å². The van der Waals surface area contributed by atoms with E-state index in [1.54, 1.807) is 18.3 Å². The Labute approximate surface area is 154 Å². The molecule has 24 heavy (non-hydrogen) atoms. The van der Waals surface area contributed by atoms with Gasteiger partial charge in [-0.3, -0.25) is 9.59 Å². The van der Waals surface area contributed by atoms with Gasteiger partial charge >= 0.3 is 0 Å². The summed E-state index contributed by atoms with van der Waals surface area (Å²) in [5.41, 5.74) is 2.62. The molecule has 6 heteroatoms. The molecule has 0 radical (unpaired) electrons. The number of benzene rings is 2. The molecule has 0 unspecified atom stereocenters. The summed E-state index contributed by atoms with van der Waals surface area (Å²) >= 11 is 6.85. The fourth-order valence-electron chi connectivity index (χ4n) is 3.11. The number of aryl methyl sites for hydroxylation is 2. The normalized spacial score (nSPS) is 12.6. The van der Waals surface area contributed by atoms with Gasteiger partial charge in [0.25, 0.3) is 5.91 Å². The Balaban J connectivity index is 1.84. The molecule has 2 heterocycles. The molecule has 0 fully saturated rings. The van der Waals surface area contributed by atoms with Gasteiger partial charge < -0.3 is 9.88 Å². The number of carbonyl (C=O) groups excluding carboxylic acids is 1. The van der Waals surface area contributed by atoms with Gasteiger partial charge in [-0.25, -0.2) is 0 Å². The molecule has 1 aromatic heterocycles. The summed E-state index contributed by atoms with van der Waals surface area (Å²) in [4.78, 5) is 25.5. The second kappa shape index (κ2) is 5.86. The fraction of sp³-hybridized carbons (Fsp3) is 0.111. The monoisotopic (exact) mass is 446 g/mol. The third-order valence-electron chi connectivity index (χ3n) is 4.20. The first kappa shape index (κ1) is 15.6. The maximum absolute atomic E-state index is 12.8. The zero-order valence-electron chi connectivity index (χ0n) is 12.5. The lowest BCUT2D eigenvalue weighted by Crippen LogP contribution is -2.23. The van der Waals surface area contributed by atoms with Gasteiger partial charge in [0, 0.05) is 27.1 Å². The van der Waals surface area contributed by atoms with Gasteiger partial charge in [-0.1, -0.05) is 28.1 Å². The Kier molecular flexibility index (Phi) is 3.81. The Morgan fingerprint density at radius 2 is 1.96 bits per heavy atom. The lowest BCUT2D eigenvalue weighted by molar-refractivity contribution is 0.102. The summed E-state index contributed by atoms with van der Waals surface area (Å²) in [6.07, 6.45) is 2.53. The smallest absolute Gasteiger partial charge is 0.261 e. The van der Waals surface area contributed by atoms with Crippen LogP contribution >= 0.6 is 31.9 Å². The van der Waals surface area contributed by atoms with E-state index in [1.165, 1.54) is 0 Å². The lowest BCUT2D eigenvalue weighted by Gasteiger charge is -2.10. The number of para-hydroxylation sites is 1. The van der Waals surface area contributed by atoms with Gasteiger partial charge in [0.05, 0.1) is 11.2 Å². The zero-order chi connectivity index (χ0) is 16.8. The summed E-state index contributed by atoms with van der Waals surface area (Å²) in [5.74, 6) is -0.397. The fourth-order valence-corrected chi connectivity index (χ4v) is 4.00. The molecule has 0 saturated carbocycles. The first-order valence-electron chi connectivity index (χ1n) is 7.46. The van der Waals surface area contributed by atoms with Crippen molar-refractivity contribution >= 4 is 54.4 Å². The van der Waals surface area contributed by atoms with Crippen molar-refractivity contribution in [1.82, 2.24) is 4.57 Å². The molecule has 1 aliphatic heterocycles. The number of halogens is 2. The van der Waals surface area contributed by atoms with Gasteiger partial charge in [0.15, 0.2) is 0 Å². The molecule has 2 aromatic carbocycles. The number of hydrogen-bond acceptors (Lipinski definition) is 2. The summed E-state index contributed by atoms with van der Waals surface area (Å²) in [7, 11) is 0. The number of hydrogen-bond donors (Lipinski definition) is 1. The second-order valence-electron chi connectivity index (χ2n) is 5.71. The number of pyridine rings is 1. The Bertz CT molecular complexity index is 1060. The number of rotatable bonds is 2. The van der Waals surface area contributed by atoms with E-state index in [-0.39, 0.29) is 11.0 Å². The van der Waals surface area contributed by atoms with Crippen LogP contribution in [-0.2, 0) is 13.0 Å². The molecule has 1 N–H and O–H groups in total. The van der Waals surface area contributed by atoms with Gasteiger partial charge in [-0.05, 0) is 52.2 Å². The Morgan fingerprint density at radius 3 is 2.75 bits per heavy atom. The second-order valence-corrected chi connectivity index (χ2v) is 7.48. The van der Waals surface area contributed by atoms with Crippen molar-refractivity contribution < 1.29 is 4.79 Å². The highest BCUT2D eigenvalue weighted by molar-refractivity contribution is 9.10. The van der Waals surface area contributed by atoms with Crippen LogP contribution in [0.25, 0.3) is 10.9 Å².